The predicted octanol–water partition coefficient (Wildman–Crippen LogP) is 2.54. The molecule has 1 amide bonds. The summed E-state index contributed by atoms with van der Waals surface area (Å²) in [7, 11) is 0. The van der Waals surface area contributed by atoms with Crippen LogP contribution in [0.25, 0.3) is 0 Å². The maximum atomic E-state index is 11.7. The van der Waals surface area contributed by atoms with Crippen LogP contribution >= 0.6 is 0 Å². The van der Waals surface area contributed by atoms with E-state index in [0.717, 1.165) is 6.42 Å². The molecule has 20 heavy (non-hydrogen) atoms. The largest absolute Gasteiger partial charge is 0.481 e. The van der Waals surface area contributed by atoms with Crippen LogP contribution in [0.4, 0.5) is 0 Å². The van der Waals surface area contributed by atoms with E-state index in [9.17, 15) is 9.59 Å². The van der Waals surface area contributed by atoms with Gasteiger partial charge in [-0.15, -0.1) is 0 Å². The number of nitrogens with one attached hydrogen (secondary N) is 1. The zero-order chi connectivity index (χ0) is 15.0. The maximum absolute atomic E-state index is 11.7. The Labute approximate surface area is 120 Å². The third-order valence-corrected chi connectivity index (χ3v) is 3.28. The number of aryl methyl sites for hydroxylation is 2. The lowest BCUT2D eigenvalue weighted by molar-refractivity contribution is -0.141. The first-order chi connectivity index (χ1) is 9.49. The number of carbonyl (C=O) groups excluding carboxylic acids is 1. The van der Waals surface area contributed by atoms with Gasteiger partial charge in [0.25, 0.3) is 0 Å². The van der Waals surface area contributed by atoms with Crippen molar-refractivity contribution in [3.8, 4) is 0 Å². The number of carboxylic acid groups (broad SMARTS) is 1. The molecule has 0 aliphatic carbocycles. The topological polar surface area (TPSA) is 66.4 Å². The minimum absolute atomic E-state index is 0.0227. The van der Waals surface area contributed by atoms with Crippen molar-refractivity contribution < 1.29 is 14.7 Å². The third kappa shape index (κ3) is 6.36. The Balaban J connectivity index is 2.16. The molecule has 0 spiro atoms. The van der Waals surface area contributed by atoms with Gasteiger partial charge in [0, 0.05) is 13.0 Å². The fourth-order valence-corrected chi connectivity index (χ4v) is 1.97. The average Bonchev–Trinajstić information content (AvgIpc) is 2.41. The number of carbonyl (C=O) groups is 2. The van der Waals surface area contributed by atoms with Crippen LogP contribution in [-0.4, -0.2) is 23.5 Å². The molecule has 0 heterocycles. The molecule has 1 atom stereocenters. The van der Waals surface area contributed by atoms with Crippen molar-refractivity contribution in [2.75, 3.05) is 6.54 Å². The first kappa shape index (κ1) is 16.2. The summed E-state index contributed by atoms with van der Waals surface area (Å²) in [4.78, 5) is 22.3. The van der Waals surface area contributed by atoms with Crippen molar-refractivity contribution >= 4 is 11.9 Å². The zero-order valence-corrected chi connectivity index (χ0v) is 12.2. The van der Waals surface area contributed by atoms with Crippen LogP contribution in [0.2, 0.25) is 0 Å². The molecule has 0 radical (unpaired) electrons. The summed E-state index contributed by atoms with van der Waals surface area (Å²) < 4.78 is 0. The number of benzene rings is 1. The standard InChI is InChI=1S/C16H23NO3/c1-12-5-3-7-14(11-12)8-9-15(18)17-10-4-6-13(2)16(19)20/h3,5,7,11,13H,4,6,8-10H2,1-2H3,(H,17,18)(H,19,20). The molecule has 110 valence electrons. The van der Waals surface area contributed by atoms with E-state index < -0.39 is 5.97 Å². The Hall–Kier alpha value is -1.84. The molecule has 1 aromatic rings. The molecule has 2 N–H and O–H groups in total. The van der Waals surface area contributed by atoms with E-state index in [0.29, 0.717) is 25.8 Å². The molecule has 0 saturated heterocycles. The Morgan fingerprint density at radius 1 is 1.35 bits per heavy atom. The highest BCUT2D eigenvalue weighted by atomic mass is 16.4. The molecule has 1 unspecified atom stereocenters. The monoisotopic (exact) mass is 277 g/mol. The van der Waals surface area contributed by atoms with Crippen LogP contribution in [0.5, 0.6) is 0 Å². The summed E-state index contributed by atoms with van der Waals surface area (Å²) >= 11 is 0. The van der Waals surface area contributed by atoms with Gasteiger partial charge in [-0.3, -0.25) is 9.59 Å². The number of hydrogen-bond acceptors (Lipinski definition) is 2. The molecule has 0 aromatic heterocycles. The molecule has 0 aliphatic rings. The molecule has 0 saturated carbocycles. The van der Waals surface area contributed by atoms with Crippen molar-refractivity contribution in [2.24, 2.45) is 5.92 Å². The van der Waals surface area contributed by atoms with Gasteiger partial charge in [-0.1, -0.05) is 36.8 Å². The molecule has 4 heteroatoms. The Morgan fingerprint density at radius 3 is 2.75 bits per heavy atom. The number of hydrogen-bond donors (Lipinski definition) is 2. The smallest absolute Gasteiger partial charge is 0.306 e. The van der Waals surface area contributed by atoms with Crippen LogP contribution in [-0.2, 0) is 16.0 Å². The van der Waals surface area contributed by atoms with Crippen LogP contribution in [0.15, 0.2) is 24.3 Å². The Kier molecular flexibility index (Phi) is 6.77. The van der Waals surface area contributed by atoms with Crippen molar-refractivity contribution in [1.29, 1.82) is 0 Å². The highest BCUT2D eigenvalue weighted by molar-refractivity contribution is 5.76. The summed E-state index contributed by atoms with van der Waals surface area (Å²) in [5.74, 6) is -1.11. The fraction of sp³-hybridized carbons (Fsp3) is 0.500. The van der Waals surface area contributed by atoms with E-state index in [2.05, 4.69) is 11.4 Å². The first-order valence-electron chi connectivity index (χ1n) is 7.04. The Morgan fingerprint density at radius 2 is 2.10 bits per heavy atom. The lowest BCUT2D eigenvalue weighted by Crippen LogP contribution is -2.25. The van der Waals surface area contributed by atoms with Crippen molar-refractivity contribution in [2.45, 2.75) is 39.5 Å². The van der Waals surface area contributed by atoms with Gasteiger partial charge < -0.3 is 10.4 Å². The van der Waals surface area contributed by atoms with Crippen LogP contribution in [0, 0.1) is 12.8 Å². The van der Waals surface area contributed by atoms with Crippen molar-refractivity contribution in [3.63, 3.8) is 0 Å². The normalized spacial score (nSPS) is 11.9. The maximum Gasteiger partial charge on any atom is 0.306 e. The van der Waals surface area contributed by atoms with Gasteiger partial charge in [-0.05, 0) is 31.7 Å². The Bertz CT molecular complexity index is 457. The van der Waals surface area contributed by atoms with Crippen LogP contribution in [0.1, 0.15) is 37.3 Å². The van der Waals surface area contributed by atoms with Gasteiger partial charge in [0.1, 0.15) is 0 Å². The van der Waals surface area contributed by atoms with Gasteiger partial charge in [0.15, 0.2) is 0 Å². The number of carboxylic acids is 1. The van der Waals surface area contributed by atoms with Gasteiger partial charge in [0.2, 0.25) is 5.91 Å². The van der Waals surface area contributed by atoms with E-state index in [1.165, 1.54) is 11.1 Å². The van der Waals surface area contributed by atoms with Gasteiger partial charge in [-0.25, -0.2) is 0 Å². The highest BCUT2D eigenvalue weighted by Gasteiger charge is 2.10. The molecular formula is C16H23NO3. The minimum atomic E-state index is -0.782. The number of rotatable bonds is 8. The second-order valence-corrected chi connectivity index (χ2v) is 5.22. The quantitative estimate of drug-likeness (QED) is 0.718. The van der Waals surface area contributed by atoms with Gasteiger partial charge >= 0.3 is 5.97 Å². The second-order valence-electron chi connectivity index (χ2n) is 5.22. The van der Waals surface area contributed by atoms with Crippen LogP contribution in [0.3, 0.4) is 0 Å². The lowest BCUT2D eigenvalue weighted by atomic mass is 10.1. The summed E-state index contributed by atoms with van der Waals surface area (Å²) in [5.41, 5.74) is 2.37. The molecule has 0 bridgehead atoms. The molecule has 1 rings (SSSR count). The second kappa shape index (κ2) is 8.35. The molecular weight excluding hydrogens is 254 g/mol. The van der Waals surface area contributed by atoms with E-state index in [4.69, 9.17) is 5.11 Å². The molecule has 1 aromatic carbocycles. The van der Waals surface area contributed by atoms with Gasteiger partial charge in [-0.2, -0.15) is 0 Å². The fourth-order valence-electron chi connectivity index (χ4n) is 1.97. The van der Waals surface area contributed by atoms with Gasteiger partial charge in [0.05, 0.1) is 5.92 Å². The van der Waals surface area contributed by atoms with E-state index in [-0.39, 0.29) is 11.8 Å². The number of amides is 1. The summed E-state index contributed by atoms with van der Waals surface area (Å²) in [6.07, 6.45) is 2.49. The molecule has 0 fully saturated rings. The zero-order valence-electron chi connectivity index (χ0n) is 12.2. The molecule has 0 aliphatic heterocycles. The molecule has 4 nitrogen and oxygen atoms in total. The van der Waals surface area contributed by atoms with E-state index in [1.807, 2.05) is 25.1 Å². The van der Waals surface area contributed by atoms with Crippen LogP contribution < -0.4 is 5.32 Å². The summed E-state index contributed by atoms with van der Waals surface area (Å²) in [5, 5.41) is 11.6. The minimum Gasteiger partial charge on any atom is -0.481 e. The van der Waals surface area contributed by atoms with Crippen molar-refractivity contribution in [3.05, 3.63) is 35.4 Å². The van der Waals surface area contributed by atoms with Crippen molar-refractivity contribution in [1.82, 2.24) is 5.32 Å². The average molecular weight is 277 g/mol. The predicted molar refractivity (Wildman–Crippen MR) is 78.5 cm³/mol. The number of aliphatic carboxylic acids is 1. The lowest BCUT2D eigenvalue weighted by Gasteiger charge is -2.07. The third-order valence-electron chi connectivity index (χ3n) is 3.28. The summed E-state index contributed by atoms with van der Waals surface area (Å²) in [6, 6.07) is 8.14. The first-order valence-corrected chi connectivity index (χ1v) is 7.04. The highest BCUT2D eigenvalue weighted by Crippen LogP contribution is 2.07. The SMILES string of the molecule is Cc1cccc(CCC(=O)NCCCC(C)C(=O)O)c1. The summed E-state index contributed by atoms with van der Waals surface area (Å²) in [6.45, 7) is 4.26. The van der Waals surface area contributed by atoms with E-state index in [1.54, 1.807) is 6.92 Å². The van der Waals surface area contributed by atoms with E-state index >= 15 is 0 Å².